The summed E-state index contributed by atoms with van der Waals surface area (Å²) in [6.45, 7) is 0.102. The molecule has 4 rings (SSSR count). The lowest BCUT2D eigenvalue weighted by Crippen LogP contribution is -2.45. The molecule has 0 aromatic heterocycles. The lowest BCUT2D eigenvalue weighted by Gasteiger charge is -2.35. The summed E-state index contributed by atoms with van der Waals surface area (Å²) in [6, 6.07) is 15.1. The molecule has 2 amide bonds. The van der Waals surface area contributed by atoms with Crippen molar-refractivity contribution >= 4 is 18.0 Å². The number of amides is 2. The topological polar surface area (TPSA) is 125 Å². The highest BCUT2D eigenvalue weighted by Crippen LogP contribution is 2.44. The Kier molecular flexibility index (Phi) is 6.93. The van der Waals surface area contributed by atoms with Gasteiger partial charge in [-0.25, -0.2) is 9.59 Å². The van der Waals surface area contributed by atoms with Gasteiger partial charge >= 0.3 is 12.1 Å². The van der Waals surface area contributed by atoms with Crippen molar-refractivity contribution in [3.8, 4) is 11.1 Å². The number of alkyl carbamates (subject to hydrolysis) is 1. The number of aliphatic carboxylic acids is 1. The minimum Gasteiger partial charge on any atom is -0.480 e. The highest BCUT2D eigenvalue weighted by Gasteiger charge is 2.32. The van der Waals surface area contributed by atoms with Crippen molar-refractivity contribution in [3.05, 3.63) is 59.7 Å². The van der Waals surface area contributed by atoms with E-state index in [0.29, 0.717) is 6.54 Å². The standard InChI is InChI=1S/C25H28N2O6/c28-13-22(24(30)31)27-23(29)11-15-9-16(10-15)12-26-25(32)33-14-21-19-7-3-1-5-17(19)18-6-2-4-8-20(18)21/h1-8,15-16,21-22,28H,9-14H2,(H,26,32)(H,27,29)(H,30,31). The van der Waals surface area contributed by atoms with Crippen LogP contribution in [-0.4, -0.2) is 54.0 Å². The summed E-state index contributed by atoms with van der Waals surface area (Å²) in [7, 11) is 0. The maximum atomic E-state index is 12.3. The van der Waals surface area contributed by atoms with E-state index in [-0.39, 0.29) is 36.7 Å². The van der Waals surface area contributed by atoms with Gasteiger partial charge in [0.05, 0.1) is 6.61 Å². The van der Waals surface area contributed by atoms with Gasteiger partial charge in [0, 0.05) is 18.9 Å². The molecule has 1 saturated carbocycles. The first kappa shape index (κ1) is 22.8. The van der Waals surface area contributed by atoms with Gasteiger partial charge in [0.2, 0.25) is 5.91 Å². The third kappa shape index (κ3) is 5.17. The van der Waals surface area contributed by atoms with E-state index in [1.807, 2.05) is 24.3 Å². The lowest BCUT2D eigenvalue weighted by molar-refractivity contribution is -0.143. The molecule has 2 aliphatic carbocycles. The number of rotatable bonds is 9. The van der Waals surface area contributed by atoms with Crippen molar-refractivity contribution in [1.29, 1.82) is 0 Å². The molecule has 1 fully saturated rings. The quantitative estimate of drug-likeness (QED) is 0.463. The number of aliphatic hydroxyl groups is 1. The fourth-order valence-corrected chi connectivity index (χ4v) is 4.79. The van der Waals surface area contributed by atoms with Crippen molar-refractivity contribution in [2.24, 2.45) is 11.8 Å². The Hall–Kier alpha value is -3.39. The molecule has 2 aromatic carbocycles. The predicted molar refractivity (Wildman–Crippen MR) is 121 cm³/mol. The molecular weight excluding hydrogens is 424 g/mol. The van der Waals surface area contributed by atoms with Crippen LogP contribution < -0.4 is 10.6 Å². The van der Waals surface area contributed by atoms with E-state index >= 15 is 0 Å². The first-order chi connectivity index (χ1) is 16.0. The first-order valence-electron chi connectivity index (χ1n) is 11.2. The van der Waals surface area contributed by atoms with Crippen LogP contribution in [0.1, 0.15) is 36.3 Å². The monoisotopic (exact) mass is 452 g/mol. The summed E-state index contributed by atoms with van der Waals surface area (Å²) < 4.78 is 5.54. The second-order valence-corrected chi connectivity index (χ2v) is 8.75. The highest BCUT2D eigenvalue weighted by molar-refractivity contribution is 5.83. The summed E-state index contributed by atoms with van der Waals surface area (Å²) in [6.07, 6.45) is 1.30. The number of aliphatic hydroxyl groups excluding tert-OH is 1. The number of carbonyl (C=O) groups excluding carboxylic acids is 2. The highest BCUT2D eigenvalue weighted by atomic mass is 16.5. The van der Waals surface area contributed by atoms with E-state index in [1.165, 1.54) is 11.1 Å². The molecule has 0 heterocycles. The molecule has 33 heavy (non-hydrogen) atoms. The summed E-state index contributed by atoms with van der Waals surface area (Å²) in [5.41, 5.74) is 4.69. The number of hydrogen-bond donors (Lipinski definition) is 4. The van der Waals surface area contributed by atoms with E-state index < -0.39 is 24.7 Å². The number of carboxylic acids is 1. The Morgan fingerprint density at radius 2 is 1.58 bits per heavy atom. The van der Waals surface area contributed by atoms with Gasteiger partial charge in [-0.05, 0) is 46.9 Å². The van der Waals surface area contributed by atoms with Crippen LogP contribution in [0.15, 0.2) is 48.5 Å². The van der Waals surface area contributed by atoms with Crippen LogP contribution in [0.3, 0.4) is 0 Å². The van der Waals surface area contributed by atoms with E-state index in [0.717, 1.165) is 24.0 Å². The average molecular weight is 453 g/mol. The van der Waals surface area contributed by atoms with Gasteiger partial charge in [0.1, 0.15) is 12.6 Å². The normalized spacial score (nSPS) is 19.5. The summed E-state index contributed by atoms with van der Waals surface area (Å²) >= 11 is 0. The van der Waals surface area contributed by atoms with E-state index in [1.54, 1.807) is 0 Å². The number of hydrogen-bond acceptors (Lipinski definition) is 5. The third-order valence-corrected chi connectivity index (χ3v) is 6.50. The minimum atomic E-state index is -1.27. The largest absolute Gasteiger partial charge is 0.480 e. The van der Waals surface area contributed by atoms with Gasteiger partial charge in [-0.3, -0.25) is 4.79 Å². The van der Waals surface area contributed by atoms with Gasteiger partial charge in [-0.15, -0.1) is 0 Å². The molecule has 0 saturated heterocycles. The lowest BCUT2D eigenvalue weighted by atomic mass is 9.73. The summed E-state index contributed by atoms with van der Waals surface area (Å²) in [5.74, 6) is -1.22. The zero-order chi connectivity index (χ0) is 23.4. The Morgan fingerprint density at radius 3 is 2.15 bits per heavy atom. The Morgan fingerprint density at radius 1 is 0.970 bits per heavy atom. The minimum absolute atomic E-state index is 0.0169. The van der Waals surface area contributed by atoms with Crippen molar-refractivity contribution in [3.63, 3.8) is 0 Å². The van der Waals surface area contributed by atoms with Crippen LogP contribution >= 0.6 is 0 Å². The summed E-state index contributed by atoms with van der Waals surface area (Å²) in [5, 5.41) is 23.0. The van der Waals surface area contributed by atoms with Gasteiger partial charge in [-0.1, -0.05) is 48.5 Å². The number of nitrogens with one attached hydrogen (secondary N) is 2. The second-order valence-electron chi connectivity index (χ2n) is 8.75. The molecule has 0 aliphatic heterocycles. The zero-order valence-electron chi connectivity index (χ0n) is 18.2. The predicted octanol–water partition coefficient (Wildman–Crippen LogP) is 2.50. The summed E-state index contributed by atoms with van der Waals surface area (Å²) in [4.78, 5) is 35.0. The third-order valence-electron chi connectivity index (χ3n) is 6.50. The molecule has 174 valence electrons. The van der Waals surface area contributed by atoms with Gasteiger partial charge in [0.15, 0.2) is 0 Å². The molecule has 0 spiro atoms. The van der Waals surface area contributed by atoms with Crippen molar-refractivity contribution < 1.29 is 29.3 Å². The van der Waals surface area contributed by atoms with Crippen LogP contribution in [0, 0.1) is 11.8 Å². The van der Waals surface area contributed by atoms with Crippen molar-refractivity contribution in [2.75, 3.05) is 19.8 Å². The molecule has 8 nitrogen and oxygen atoms in total. The van der Waals surface area contributed by atoms with E-state index in [9.17, 15) is 14.4 Å². The molecule has 2 aromatic rings. The van der Waals surface area contributed by atoms with Crippen LogP contribution in [0.2, 0.25) is 0 Å². The first-order valence-corrected chi connectivity index (χ1v) is 11.2. The molecule has 4 N–H and O–H groups in total. The smallest absolute Gasteiger partial charge is 0.407 e. The van der Waals surface area contributed by atoms with Crippen molar-refractivity contribution in [2.45, 2.75) is 31.2 Å². The van der Waals surface area contributed by atoms with Crippen LogP contribution in [0.4, 0.5) is 4.79 Å². The molecule has 2 aliphatic rings. The molecular formula is C25H28N2O6. The number of ether oxygens (including phenoxy) is 1. The number of carbonyl (C=O) groups is 3. The Balaban J connectivity index is 1.18. The number of fused-ring (bicyclic) bond motifs is 3. The second kappa shape index (κ2) is 10.0. The zero-order valence-corrected chi connectivity index (χ0v) is 18.2. The molecule has 0 bridgehead atoms. The Bertz CT molecular complexity index is 988. The average Bonchev–Trinajstić information content (AvgIpc) is 3.11. The number of carboxylic acid groups (broad SMARTS) is 1. The fourth-order valence-electron chi connectivity index (χ4n) is 4.79. The Labute approximate surface area is 192 Å². The maximum absolute atomic E-state index is 12.3. The molecule has 8 heteroatoms. The van der Waals surface area contributed by atoms with Crippen LogP contribution in [-0.2, 0) is 14.3 Å². The fraction of sp³-hybridized carbons (Fsp3) is 0.400. The maximum Gasteiger partial charge on any atom is 0.407 e. The molecule has 0 radical (unpaired) electrons. The van der Waals surface area contributed by atoms with Crippen molar-refractivity contribution in [1.82, 2.24) is 10.6 Å². The van der Waals surface area contributed by atoms with Gasteiger partial charge in [0.25, 0.3) is 0 Å². The SMILES string of the molecule is O=C(CC1CC(CNC(=O)OCC2c3ccccc3-c3ccccc32)C1)NC(CO)C(=O)O. The van der Waals surface area contributed by atoms with Crippen LogP contribution in [0.5, 0.6) is 0 Å². The van der Waals surface area contributed by atoms with Gasteiger partial charge < -0.3 is 25.6 Å². The molecule has 1 atom stereocenters. The van der Waals surface area contributed by atoms with E-state index in [4.69, 9.17) is 14.9 Å². The number of benzene rings is 2. The van der Waals surface area contributed by atoms with E-state index in [2.05, 4.69) is 34.9 Å². The van der Waals surface area contributed by atoms with Crippen LogP contribution in [0.25, 0.3) is 11.1 Å². The van der Waals surface area contributed by atoms with Gasteiger partial charge in [-0.2, -0.15) is 0 Å². The molecule has 1 unspecified atom stereocenters.